The quantitative estimate of drug-likeness (QED) is 0.765. The van der Waals surface area contributed by atoms with Crippen molar-refractivity contribution in [2.45, 2.75) is 47.6 Å². The molecule has 0 fully saturated rings. The Labute approximate surface area is 142 Å². The molecule has 1 N–H and O–H groups in total. The van der Waals surface area contributed by atoms with Gasteiger partial charge in [-0.1, -0.05) is 61.6 Å². The van der Waals surface area contributed by atoms with Gasteiger partial charge in [-0.25, -0.2) is 4.79 Å². The second-order valence-corrected chi connectivity index (χ2v) is 8.73. The summed E-state index contributed by atoms with van der Waals surface area (Å²) in [7, 11) is -1.44. The Morgan fingerprint density at radius 3 is 2.29 bits per heavy atom. The average molecular weight is 372 g/mol. The van der Waals surface area contributed by atoms with Crippen molar-refractivity contribution < 1.29 is 14.1 Å². The number of carbonyl (C=O) groups is 1. The first kappa shape index (κ1) is 18.8. The number of benzene rings is 1. The summed E-state index contributed by atoms with van der Waals surface area (Å²) in [6, 6.07) is 2.83. The highest BCUT2D eigenvalue weighted by molar-refractivity contribution is 7.85. The van der Waals surface area contributed by atoms with Crippen LogP contribution in [0, 0.1) is 0 Å². The Bertz CT molecular complexity index is 567. The molecular weight excluding hydrogens is 355 g/mol. The van der Waals surface area contributed by atoms with E-state index in [1.165, 1.54) is 12.1 Å². The highest BCUT2D eigenvalue weighted by Gasteiger charge is 2.32. The second kappa shape index (κ2) is 7.32. The third kappa shape index (κ3) is 4.13. The van der Waals surface area contributed by atoms with Crippen LogP contribution in [0.2, 0.25) is 0 Å². The summed E-state index contributed by atoms with van der Waals surface area (Å²) in [6.07, 6.45) is 1.07. The maximum Gasteiger partial charge on any atom is 0.336 e. The van der Waals surface area contributed by atoms with E-state index in [2.05, 4.69) is 0 Å². The predicted molar refractivity (Wildman–Crippen MR) is 88.2 cm³/mol. The van der Waals surface area contributed by atoms with Crippen molar-refractivity contribution in [2.24, 2.45) is 0 Å². The van der Waals surface area contributed by atoms with Gasteiger partial charge in [0.2, 0.25) is 3.79 Å². The normalized spacial score (nSPS) is 14.8. The maximum atomic E-state index is 12.7. The van der Waals surface area contributed by atoms with Gasteiger partial charge in [0.05, 0.1) is 21.3 Å². The SMILES string of the molecule is CCc1c(C(=O)O)ccc(C(Cl)(Cl)Cl)c1[S@](=O)[C@@H](C)CC. The van der Waals surface area contributed by atoms with E-state index in [1.807, 2.05) is 13.8 Å². The Morgan fingerprint density at radius 2 is 1.90 bits per heavy atom. The summed E-state index contributed by atoms with van der Waals surface area (Å²) in [5.41, 5.74) is 0.847. The van der Waals surface area contributed by atoms with Crippen LogP contribution in [0.1, 0.15) is 48.7 Å². The molecule has 0 aliphatic rings. The Hall–Kier alpha value is -0.290. The summed E-state index contributed by atoms with van der Waals surface area (Å²) in [6.45, 7) is 5.52. The van der Waals surface area contributed by atoms with Crippen LogP contribution >= 0.6 is 34.8 Å². The Balaban J connectivity index is 3.71. The highest BCUT2D eigenvalue weighted by Crippen LogP contribution is 2.43. The molecule has 0 spiro atoms. The molecule has 0 aromatic heterocycles. The van der Waals surface area contributed by atoms with Crippen molar-refractivity contribution >= 4 is 51.6 Å². The van der Waals surface area contributed by atoms with Crippen LogP contribution in [-0.4, -0.2) is 20.5 Å². The van der Waals surface area contributed by atoms with Gasteiger partial charge in [-0.15, -0.1) is 0 Å². The fraction of sp³-hybridized carbons (Fsp3) is 0.500. The van der Waals surface area contributed by atoms with Crippen molar-refractivity contribution in [3.8, 4) is 0 Å². The minimum atomic E-state index is -1.75. The maximum absolute atomic E-state index is 12.7. The lowest BCUT2D eigenvalue weighted by atomic mass is 10.0. The zero-order valence-corrected chi connectivity index (χ0v) is 15.0. The van der Waals surface area contributed by atoms with Gasteiger partial charge in [-0.3, -0.25) is 4.21 Å². The average Bonchev–Trinajstić information content (AvgIpc) is 2.42. The van der Waals surface area contributed by atoms with E-state index in [0.29, 0.717) is 23.3 Å². The number of halogens is 3. The first-order chi connectivity index (χ1) is 9.65. The smallest absolute Gasteiger partial charge is 0.336 e. The van der Waals surface area contributed by atoms with Gasteiger partial charge in [0.15, 0.2) is 0 Å². The van der Waals surface area contributed by atoms with Crippen molar-refractivity contribution in [3.63, 3.8) is 0 Å². The van der Waals surface area contributed by atoms with E-state index in [-0.39, 0.29) is 16.4 Å². The third-order valence-electron chi connectivity index (χ3n) is 3.29. The van der Waals surface area contributed by atoms with Crippen LogP contribution in [0.25, 0.3) is 0 Å². The monoisotopic (exact) mass is 370 g/mol. The molecule has 1 aromatic rings. The molecule has 21 heavy (non-hydrogen) atoms. The molecule has 0 unspecified atom stereocenters. The first-order valence-corrected chi connectivity index (χ1v) is 8.86. The predicted octanol–water partition coefficient (Wildman–Crippen LogP) is 4.68. The lowest BCUT2D eigenvalue weighted by molar-refractivity contribution is 0.0695. The fourth-order valence-corrected chi connectivity index (χ4v) is 4.27. The minimum Gasteiger partial charge on any atom is -0.478 e. The summed E-state index contributed by atoms with van der Waals surface area (Å²) in [5, 5.41) is 9.13. The van der Waals surface area contributed by atoms with E-state index in [1.54, 1.807) is 6.92 Å². The van der Waals surface area contributed by atoms with Gasteiger partial charge in [0.1, 0.15) is 0 Å². The van der Waals surface area contributed by atoms with Crippen LogP contribution in [0.3, 0.4) is 0 Å². The number of carboxylic acids is 1. The number of alkyl halides is 3. The fourth-order valence-electron chi connectivity index (χ4n) is 1.98. The number of hydrogen-bond donors (Lipinski definition) is 1. The molecule has 0 saturated carbocycles. The summed E-state index contributed by atoms with van der Waals surface area (Å²) in [4.78, 5) is 11.7. The lowest BCUT2D eigenvalue weighted by Crippen LogP contribution is -2.19. The third-order valence-corrected chi connectivity index (χ3v) is 5.84. The van der Waals surface area contributed by atoms with Gasteiger partial charge >= 0.3 is 5.97 Å². The minimum absolute atomic E-state index is 0.0992. The summed E-state index contributed by atoms with van der Waals surface area (Å²) in [5.74, 6) is -1.08. The summed E-state index contributed by atoms with van der Waals surface area (Å²) >= 11 is 17.9. The zero-order valence-electron chi connectivity index (χ0n) is 12.0. The van der Waals surface area contributed by atoms with Crippen LogP contribution in [-0.2, 0) is 21.0 Å². The van der Waals surface area contributed by atoms with Crippen molar-refractivity contribution in [2.75, 3.05) is 0 Å². The van der Waals surface area contributed by atoms with E-state index in [0.717, 1.165) is 0 Å². The lowest BCUT2D eigenvalue weighted by Gasteiger charge is -2.22. The first-order valence-electron chi connectivity index (χ1n) is 6.52. The van der Waals surface area contributed by atoms with Crippen molar-refractivity contribution in [3.05, 3.63) is 28.8 Å². The zero-order chi connectivity index (χ0) is 16.4. The molecular formula is C14H17Cl3O3S. The Kier molecular flexibility index (Phi) is 6.54. The highest BCUT2D eigenvalue weighted by atomic mass is 35.6. The van der Waals surface area contributed by atoms with Gasteiger partial charge < -0.3 is 5.11 Å². The number of hydrogen-bond acceptors (Lipinski definition) is 2. The molecule has 1 rings (SSSR count). The molecule has 0 radical (unpaired) electrons. The molecule has 7 heteroatoms. The molecule has 118 valence electrons. The van der Waals surface area contributed by atoms with Gasteiger partial charge in [0.25, 0.3) is 0 Å². The standard InChI is InChI=1S/C14H17Cl3O3S/c1-4-8(3)21(20)12-9(5-2)10(13(18)19)6-7-11(12)14(15,16)17/h6-8H,4-5H2,1-3H3,(H,18,19)/t8-,21+/m0/s1. The molecule has 0 heterocycles. The molecule has 0 saturated heterocycles. The largest absolute Gasteiger partial charge is 0.478 e. The molecule has 2 atom stereocenters. The van der Waals surface area contributed by atoms with Crippen molar-refractivity contribution in [1.29, 1.82) is 0 Å². The van der Waals surface area contributed by atoms with Gasteiger partial charge in [0, 0.05) is 10.8 Å². The topological polar surface area (TPSA) is 54.4 Å². The molecule has 0 aliphatic heterocycles. The van der Waals surface area contributed by atoms with Crippen LogP contribution in [0.5, 0.6) is 0 Å². The molecule has 0 aliphatic carbocycles. The second-order valence-electron chi connectivity index (χ2n) is 4.64. The number of rotatable bonds is 5. The Morgan fingerprint density at radius 1 is 1.33 bits per heavy atom. The van der Waals surface area contributed by atoms with E-state index < -0.39 is 20.6 Å². The van der Waals surface area contributed by atoms with E-state index >= 15 is 0 Å². The van der Waals surface area contributed by atoms with Crippen LogP contribution in [0.15, 0.2) is 17.0 Å². The van der Waals surface area contributed by atoms with Crippen molar-refractivity contribution in [1.82, 2.24) is 0 Å². The number of carboxylic acid groups (broad SMARTS) is 1. The summed E-state index contributed by atoms with van der Waals surface area (Å²) < 4.78 is 11.0. The molecule has 0 bridgehead atoms. The van der Waals surface area contributed by atoms with Crippen LogP contribution < -0.4 is 0 Å². The van der Waals surface area contributed by atoms with Gasteiger partial charge in [-0.2, -0.15) is 0 Å². The van der Waals surface area contributed by atoms with E-state index in [4.69, 9.17) is 34.8 Å². The van der Waals surface area contributed by atoms with E-state index in [9.17, 15) is 14.1 Å². The molecule has 3 nitrogen and oxygen atoms in total. The molecule has 1 aromatic carbocycles. The van der Waals surface area contributed by atoms with Gasteiger partial charge in [-0.05, 0) is 24.5 Å². The molecule has 0 amide bonds. The number of aromatic carboxylic acids is 1. The van der Waals surface area contributed by atoms with Crippen LogP contribution in [0.4, 0.5) is 0 Å².